The fourth-order valence-corrected chi connectivity index (χ4v) is 0.296. The third kappa shape index (κ3) is 1.32. The molecule has 37 valence electrons. The molecule has 0 spiro atoms. The minimum atomic E-state index is -0.0880. The Hall–Kier alpha value is -0.900. The van der Waals surface area contributed by atoms with Gasteiger partial charge < -0.3 is 5.32 Å². The first-order valence-electron chi connectivity index (χ1n) is 1.68. The van der Waals surface area contributed by atoms with Crippen LogP contribution in [-0.2, 0) is 4.79 Å². The highest BCUT2D eigenvalue weighted by Gasteiger charge is 1.98. The topological polar surface area (TPSA) is 72.0 Å². The zero-order valence-electron chi connectivity index (χ0n) is 3.59. The number of carbonyl (C=O) groups is 1. The van der Waals surface area contributed by atoms with Gasteiger partial charge in [0, 0.05) is 6.15 Å². The van der Waals surface area contributed by atoms with E-state index in [0.717, 1.165) is 0 Å². The molecule has 0 aromatic heterocycles. The molecule has 0 unspecified atom stereocenters. The van der Waals surface area contributed by atoms with Crippen LogP contribution in [0.3, 0.4) is 0 Å². The van der Waals surface area contributed by atoms with Crippen LogP contribution < -0.4 is 11.5 Å². The SMILES string of the molecule is O=C1CNC=N1.[N]. The molecule has 1 amide bonds. The van der Waals surface area contributed by atoms with Crippen molar-refractivity contribution in [1.29, 1.82) is 0 Å². The van der Waals surface area contributed by atoms with Gasteiger partial charge in [-0.05, 0) is 0 Å². The van der Waals surface area contributed by atoms with Crippen LogP contribution in [0.1, 0.15) is 0 Å². The van der Waals surface area contributed by atoms with E-state index in [1.54, 1.807) is 0 Å². The van der Waals surface area contributed by atoms with Gasteiger partial charge in [-0.15, -0.1) is 0 Å². The summed E-state index contributed by atoms with van der Waals surface area (Å²) >= 11 is 0. The quantitative estimate of drug-likeness (QED) is 0.407. The summed E-state index contributed by atoms with van der Waals surface area (Å²) in [5, 5.41) is 2.63. The predicted octanol–water partition coefficient (Wildman–Crippen LogP) is -1.34. The van der Waals surface area contributed by atoms with Gasteiger partial charge in [0.1, 0.15) is 0 Å². The number of nitrogens with one attached hydrogen (secondary N) is 1. The zero-order valence-corrected chi connectivity index (χ0v) is 3.59. The summed E-state index contributed by atoms with van der Waals surface area (Å²) in [7, 11) is 0. The average Bonchev–Trinajstić information content (AvgIpc) is 1.86. The van der Waals surface area contributed by atoms with Crippen molar-refractivity contribution in [2.24, 2.45) is 4.99 Å². The molecule has 0 saturated heterocycles. The van der Waals surface area contributed by atoms with Crippen molar-refractivity contribution < 1.29 is 4.79 Å². The summed E-state index contributed by atoms with van der Waals surface area (Å²) in [6.45, 7) is 0.375. The average molecular weight is 98.1 g/mol. The summed E-state index contributed by atoms with van der Waals surface area (Å²) in [6, 6.07) is 0. The van der Waals surface area contributed by atoms with Crippen molar-refractivity contribution in [1.82, 2.24) is 11.5 Å². The van der Waals surface area contributed by atoms with Crippen molar-refractivity contribution in [3.05, 3.63) is 0 Å². The van der Waals surface area contributed by atoms with Crippen molar-refractivity contribution in [2.45, 2.75) is 0 Å². The minimum absolute atomic E-state index is 0. The van der Waals surface area contributed by atoms with E-state index in [-0.39, 0.29) is 12.1 Å². The van der Waals surface area contributed by atoms with Gasteiger partial charge in [-0.2, -0.15) is 0 Å². The summed E-state index contributed by atoms with van der Waals surface area (Å²) < 4.78 is 0. The molecule has 0 saturated carbocycles. The fraction of sp³-hybridized carbons (Fsp3) is 0.333. The Kier molecular flexibility index (Phi) is 2.01. The monoisotopic (exact) mass is 98.0 g/mol. The van der Waals surface area contributed by atoms with Crippen LogP contribution in [-0.4, -0.2) is 18.8 Å². The maximum Gasteiger partial charge on any atom is 0.266 e. The van der Waals surface area contributed by atoms with E-state index in [1.807, 2.05) is 0 Å². The Bertz CT molecular complexity index is 98.4. The normalized spacial score (nSPS) is 15.7. The molecule has 1 N–H and O–H groups in total. The predicted molar refractivity (Wildman–Crippen MR) is 23.6 cm³/mol. The number of rotatable bonds is 0. The second kappa shape index (κ2) is 2.30. The van der Waals surface area contributed by atoms with Crippen LogP contribution in [0.5, 0.6) is 0 Å². The lowest BCUT2D eigenvalue weighted by Crippen LogP contribution is -2.09. The van der Waals surface area contributed by atoms with Crippen LogP contribution in [0.2, 0.25) is 0 Å². The van der Waals surface area contributed by atoms with Crippen LogP contribution in [0, 0.1) is 0 Å². The van der Waals surface area contributed by atoms with Crippen LogP contribution >= 0.6 is 0 Å². The summed E-state index contributed by atoms with van der Waals surface area (Å²) in [4.78, 5) is 13.3. The number of aliphatic imine (C=N–C) groups is 1. The second-order valence-electron chi connectivity index (χ2n) is 1.03. The molecule has 3 radical (unpaired) electrons. The molecule has 1 heterocycles. The van der Waals surface area contributed by atoms with E-state index < -0.39 is 0 Å². The van der Waals surface area contributed by atoms with Gasteiger partial charge in [-0.1, -0.05) is 0 Å². The van der Waals surface area contributed by atoms with Crippen molar-refractivity contribution in [3.63, 3.8) is 0 Å². The number of hydrogen-bond acceptors (Lipinski definition) is 2. The molecule has 0 aromatic carbocycles. The molecular weight excluding hydrogens is 94.1 g/mol. The summed E-state index contributed by atoms with van der Waals surface area (Å²) in [6.07, 6.45) is 1.41. The molecule has 0 aliphatic carbocycles. The van der Waals surface area contributed by atoms with Crippen molar-refractivity contribution in [2.75, 3.05) is 6.54 Å². The third-order valence-corrected chi connectivity index (χ3v) is 0.553. The molecule has 4 heteroatoms. The van der Waals surface area contributed by atoms with Crippen molar-refractivity contribution >= 4 is 12.2 Å². The molecule has 1 rings (SSSR count). The number of amides is 1. The zero-order chi connectivity index (χ0) is 4.41. The van der Waals surface area contributed by atoms with E-state index in [0.29, 0.717) is 6.54 Å². The minimum Gasteiger partial charge on any atom is -0.367 e. The lowest BCUT2D eigenvalue weighted by molar-refractivity contribution is -0.116. The number of hydrogen-bond donors (Lipinski definition) is 1. The maximum absolute atomic E-state index is 9.98. The highest BCUT2D eigenvalue weighted by molar-refractivity contribution is 5.91. The second-order valence-corrected chi connectivity index (χ2v) is 1.03. The molecular formula is C3H4N3O. The highest BCUT2D eigenvalue weighted by atomic mass is 16.1. The Morgan fingerprint density at radius 3 is 2.71 bits per heavy atom. The van der Waals surface area contributed by atoms with E-state index in [1.165, 1.54) is 6.34 Å². The Morgan fingerprint density at radius 2 is 2.57 bits per heavy atom. The van der Waals surface area contributed by atoms with Gasteiger partial charge in [-0.3, -0.25) is 4.79 Å². The maximum atomic E-state index is 9.98. The Labute approximate surface area is 41.2 Å². The van der Waals surface area contributed by atoms with Crippen molar-refractivity contribution in [3.8, 4) is 0 Å². The molecule has 4 nitrogen and oxygen atoms in total. The van der Waals surface area contributed by atoms with Gasteiger partial charge in [0.15, 0.2) is 0 Å². The van der Waals surface area contributed by atoms with Gasteiger partial charge >= 0.3 is 0 Å². The molecule has 0 aromatic rings. The van der Waals surface area contributed by atoms with Gasteiger partial charge in [0.2, 0.25) is 0 Å². The first kappa shape index (κ1) is 6.10. The fourth-order valence-electron chi connectivity index (χ4n) is 0.296. The van der Waals surface area contributed by atoms with Crippen LogP contribution in [0.15, 0.2) is 4.99 Å². The molecule has 0 fully saturated rings. The lowest BCUT2D eigenvalue weighted by Gasteiger charge is -1.74. The molecule has 0 atom stereocenters. The smallest absolute Gasteiger partial charge is 0.266 e. The molecule has 1 aliphatic rings. The van der Waals surface area contributed by atoms with Gasteiger partial charge in [0.25, 0.3) is 5.91 Å². The van der Waals surface area contributed by atoms with Crippen LogP contribution in [0.4, 0.5) is 0 Å². The molecule has 1 aliphatic heterocycles. The Morgan fingerprint density at radius 1 is 1.86 bits per heavy atom. The van der Waals surface area contributed by atoms with E-state index in [9.17, 15) is 4.79 Å². The molecule has 0 bridgehead atoms. The Balaban J connectivity index is 0.000000360. The lowest BCUT2D eigenvalue weighted by atomic mass is 10.7. The van der Waals surface area contributed by atoms with Gasteiger partial charge in [0.05, 0.1) is 12.9 Å². The standard InChI is InChI=1S/C3H4N2O.N/c6-3-1-4-2-5-3;/h2H,1H2,(H,4,5,6);. The highest BCUT2D eigenvalue weighted by Crippen LogP contribution is 1.74. The van der Waals surface area contributed by atoms with Gasteiger partial charge in [-0.25, -0.2) is 4.99 Å². The molecule has 7 heavy (non-hydrogen) atoms. The third-order valence-electron chi connectivity index (χ3n) is 0.553. The van der Waals surface area contributed by atoms with E-state index in [4.69, 9.17) is 0 Å². The largest absolute Gasteiger partial charge is 0.367 e. The summed E-state index contributed by atoms with van der Waals surface area (Å²) in [5.74, 6) is -0.0880. The van der Waals surface area contributed by atoms with E-state index >= 15 is 0 Å². The van der Waals surface area contributed by atoms with E-state index in [2.05, 4.69) is 10.3 Å². The first-order valence-corrected chi connectivity index (χ1v) is 1.68. The number of carbonyl (C=O) groups excluding carboxylic acids is 1. The first-order chi connectivity index (χ1) is 2.89. The van der Waals surface area contributed by atoms with Crippen LogP contribution in [0.25, 0.3) is 0 Å². The summed E-state index contributed by atoms with van der Waals surface area (Å²) in [5.41, 5.74) is 0. The number of nitrogens with zero attached hydrogens (tertiary/aromatic N) is 2.